The third kappa shape index (κ3) is 4.53. The molecule has 1 saturated carbocycles. The first-order chi connectivity index (χ1) is 11.0. The van der Waals surface area contributed by atoms with E-state index in [4.69, 9.17) is 9.84 Å². The van der Waals surface area contributed by atoms with Gasteiger partial charge in [-0.25, -0.2) is 0 Å². The number of likely N-dealkylation sites (N-methyl/N-ethyl adjacent to an activating group) is 1. The maximum Gasteiger partial charge on any atom is 0.317 e. The average Bonchev–Trinajstić information content (AvgIpc) is 2.50. The third-order valence-corrected chi connectivity index (χ3v) is 4.30. The van der Waals surface area contributed by atoms with Gasteiger partial charge in [0, 0.05) is 19.2 Å². The smallest absolute Gasteiger partial charge is 0.317 e. The Hall–Kier alpha value is -1.92. The number of carboxylic acids is 1. The molecule has 1 aromatic rings. The molecular weight excluding hydrogens is 296 g/mol. The lowest BCUT2D eigenvalue weighted by atomic mass is 9.85. The van der Waals surface area contributed by atoms with Crippen molar-refractivity contribution >= 4 is 11.9 Å². The molecule has 2 rings (SSSR count). The second kappa shape index (κ2) is 8.08. The van der Waals surface area contributed by atoms with Crippen LogP contribution in [-0.2, 0) is 14.3 Å². The normalized spacial score (nSPS) is 21.5. The molecule has 1 aliphatic carbocycles. The van der Waals surface area contributed by atoms with Crippen LogP contribution in [0, 0.1) is 0 Å². The van der Waals surface area contributed by atoms with Gasteiger partial charge in [0.2, 0.25) is 0 Å². The Bertz CT molecular complexity index is 529. The molecule has 0 aliphatic heterocycles. The third-order valence-electron chi connectivity index (χ3n) is 4.30. The molecule has 0 bridgehead atoms. The number of ether oxygens (including phenoxy) is 1. The number of aliphatic carboxylic acids is 1. The fraction of sp³-hybridized carbons (Fsp3) is 0.529. The number of amides is 1. The highest BCUT2D eigenvalue weighted by atomic mass is 16.5. The van der Waals surface area contributed by atoms with Gasteiger partial charge in [-0.15, -0.1) is 0 Å². The van der Waals surface area contributed by atoms with Crippen molar-refractivity contribution < 1.29 is 19.4 Å². The van der Waals surface area contributed by atoms with Crippen molar-refractivity contribution in [2.75, 3.05) is 20.2 Å². The van der Waals surface area contributed by atoms with Crippen LogP contribution in [0.15, 0.2) is 30.3 Å². The lowest BCUT2D eigenvalue weighted by molar-refractivity contribution is -0.140. The molecule has 2 N–H and O–H groups in total. The van der Waals surface area contributed by atoms with E-state index in [1.165, 1.54) is 7.11 Å². The summed E-state index contributed by atoms with van der Waals surface area (Å²) in [6.45, 7) is 2.69. The highest BCUT2D eigenvalue weighted by molar-refractivity contribution is 5.82. The van der Waals surface area contributed by atoms with Crippen LogP contribution in [0.4, 0.5) is 0 Å². The van der Waals surface area contributed by atoms with Crippen LogP contribution in [0.2, 0.25) is 0 Å². The van der Waals surface area contributed by atoms with Gasteiger partial charge in [-0.2, -0.15) is 0 Å². The summed E-state index contributed by atoms with van der Waals surface area (Å²) in [7, 11) is 1.52. The molecular formula is C17H24N2O4. The fourth-order valence-electron chi connectivity index (χ4n) is 2.98. The van der Waals surface area contributed by atoms with Gasteiger partial charge in [0.25, 0.3) is 5.91 Å². The molecule has 0 saturated heterocycles. The molecule has 1 atom stereocenters. The predicted molar refractivity (Wildman–Crippen MR) is 86.0 cm³/mol. The molecule has 0 radical (unpaired) electrons. The van der Waals surface area contributed by atoms with E-state index >= 15 is 0 Å². The van der Waals surface area contributed by atoms with Gasteiger partial charge in [-0.05, 0) is 24.9 Å². The topological polar surface area (TPSA) is 78.9 Å². The molecule has 0 heterocycles. The zero-order chi connectivity index (χ0) is 16.8. The summed E-state index contributed by atoms with van der Waals surface area (Å²) in [5.41, 5.74) is 0.824. The molecule has 6 nitrogen and oxygen atoms in total. The summed E-state index contributed by atoms with van der Waals surface area (Å²) in [6.07, 6.45) is 0.937. The van der Waals surface area contributed by atoms with E-state index in [1.807, 2.05) is 42.2 Å². The summed E-state index contributed by atoms with van der Waals surface area (Å²) in [6, 6.07) is 9.67. The minimum Gasteiger partial charge on any atom is -0.480 e. The van der Waals surface area contributed by atoms with E-state index < -0.39 is 12.1 Å². The predicted octanol–water partition coefficient (Wildman–Crippen LogP) is 1.43. The van der Waals surface area contributed by atoms with Gasteiger partial charge in [0.15, 0.2) is 6.10 Å². The van der Waals surface area contributed by atoms with Crippen LogP contribution < -0.4 is 5.32 Å². The summed E-state index contributed by atoms with van der Waals surface area (Å²) in [4.78, 5) is 25.1. The lowest BCUT2D eigenvalue weighted by Gasteiger charge is -2.42. The van der Waals surface area contributed by atoms with Crippen molar-refractivity contribution in [2.24, 2.45) is 0 Å². The van der Waals surface area contributed by atoms with E-state index in [1.54, 1.807) is 0 Å². The van der Waals surface area contributed by atoms with Gasteiger partial charge in [0.1, 0.15) is 0 Å². The Kier molecular flexibility index (Phi) is 6.12. The number of hydrogen-bond acceptors (Lipinski definition) is 4. The number of nitrogens with one attached hydrogen (secondary N) is 1. The van der Waals surface area contributed by atoms with Gasteiger partial charge < -0.3 is 15.2 Å². The minimum absolute atomic E-state index is 0.0482. The summed E-state index contributed by atoms with van der Waals surface area (Å²) in [5.74, 6) is -0.966. The van der Waals surface area contributed by atoms with E-state index in [0.29, 0.717) is 6.54 Å². The maximum atomic E-state index is 12.4. The monoisotopic (exact) mass is 320 g/mol. The molecule has 1 fully saturated rings. The van der Waals surface area contributed by atoms with Crippen molar-refractivity contribution in [3.8, 4) is 0 Å². The number of hydrogen-bond donors (Lipinski definition) is 2. The summed E-state index contributed by atoms with van der Waals surface area (Å²) >= 11 is 0. The zero-order valence-corrected chi connectivity index (χ0v) is 13.6. The lowest BCUT2D eigenvalue weighted by Crippen LogP contribution is -2.55. The van der Waals surface area contributed by atoms with Crippen LogP contribution in [0.3, 0.4) is 0 Å². The average molecular weight is 320 g/mol. The van der Waals surface area contributed by atoms with Crippen LogP contribution in [0.5, 0.6) is 0 Å². The largest absolute Gasteiger partial charge is 0.480 e. The second-order valence-electron chi connectivity index (χ2n) is 5.81. The van der Waals surface area contributed by atoms with Crippen molar-refractivity contribution in [2.45, 2.75) is 38.0 Å². The summed E-state index contributed by atoms with van der Waals surface area (Å²) < 4.78 is 5.32. The Morgan fingerprint density at radius 2 is 2.00 bits per heavy atom. The van der Waals surface area contributed by atoms with Crippen LogP contribution in [0.25, 0.3) is 0 Å². The molecule has 6 heteroatoms. The quantitative estimate of drug-likeness (QED) is 0.757. The van der Waals surface area contributed by atoms with Crippen LogP contribution in [0.1, 0.15) is 31.4 Å². The maximum absolute atomic E-state index is 12.4. The van der Waals surface area contributed by atoms with Crippen molar-refractivity contribution in [3.05, 3.63) is 35.9 Å². The Balaban J connectivity index is 1.84. The Morgan fingerprint density at radius 3 is 2.52 bits per heavy atom. The van der Waals surface area contributed by atoms with E-state index in [9.17, 15) is 9.59 Å². The van der Waals surface area contributed by atoms with E-state index in [2.05, 4.69) is 5.32 Å². The van der Waals surface area contributed by atoms with Crippen LogP contribution >= 0.6 is 0 Å². The van der Waals surface area contributed by atoms with Gasteiger partial charge in [-0.3, -0.25) is 14.5 Å². The second-order valence-corrected chi connectivity index (χ2v) is 5.81. The molecule has 0 unspecified atom stereocenters. The zero-order valence-electron chi connectivity index (χ0n) is 13.6. The standard InChI is InChI=1S/C17H24N2O4/c1-3-19(11-15(20)21)14-9-13(10-14)18-17(22)16(23-2)12-7-5-4-6-8-12/h4-8,13-14,16H,3,9-11H2,1-2H3,(H,18,22)(H,20,21)/t13?,14?,16-/m0/s1. The number of rotatable bonds is 8. The number of carbonyl (C=O) groups is 2. The SMILES string of the molecule is CCN(CC(=O)O)C1CC(NC(=O)[C@@H](OC)c2ccccc2)C1. The van der Waals surface area contributed by atoms with Crippen molar-refractivity contribution in [3.63, 3.8) is 0 Å². The number of carboxylic acid groups (broad SMARTS) is 1. The van der Waals surface area contributed by atoms with Gasteiger partial charge in [0.05, 0.1) is 6.54 Å². The molecule has 0 spiro atoms. The van der Waals surface area contributed by atoms with Crippen molar-refractivity contribution in [1.82, 2.24) is 10.2 Å². The molecule has 126 valence electrons. The highest BCUT2D eigenvalue weighted by Crippen LogP contribution is 2.26. The van der Waals surface area contributed by atoms with Crippen LogP contribution in [-0.4, -0.2) is 54.2 Å². The number of nitrogens with zero attached hydrogens (tertiary/aromatic N) is 1. The first kappa shape index (κ1) is 17.4. The number of benzene rings is 1. The van der Waals surface area contributed by atoms with E-state index in [-0.39, 0.29) is 24.5 Å². The molecule has 23 heavy (non-hydrogen) atoms. The Morgan fingerprint density at radius 1 is 1.35 bits per heavy atom. The van der Waals surface area contributed by atoms with Crippen molar-refractivity contribution in [1.29, 1.82) is 0 Å². The molecule has 1 amide bonds. The Labute approximate surface area is 136 Å². The summed E-state index contributed by atoms with van der Waals surface area (Å²) in [5, 5.41) is 11.9. The highest BCUT2D eigenvalue weighted by Gasteiger charge is 2.35. The first-order valence-corrected chi connectivity index (χ1v) is 7.89. The number of methoxy groups -OCH3 is 1. The fourth-order valence-corrected chi connectivity index (χ4v) is 2.98. The first-order valence-electron chi connectivity index (χ1n) is 7.89. The minimum atomic E-state index is -0.817. The molecule has 1 aliphatic rings. The molecule has 0 aromatic heterocycles. The van der Waals surface area contributed by atoms with E-state index in [0.717, 1.165) is 18.4 Å². The molecule has 1 aromatic carbocycles. The van der Waals surface area contributed by atoms with Gasteiger partial charge in [-0.1, -0.05) is 37.3 Å². The number of carbonyl (C=O) groups excluding carboxylic acids is 1. The van der Waals surface area contributed by atoms with Gasteiger partial charge >= 0.3 is 5.97 Å².